The summed E-state index contributed by atoms with van der Waals surface area (Å²) in [6, 6.07) is 10.2. The van der Waals surface area contributed by atoms with Crippen LogP contribution in [0.3, 0.4) is 0 Å². The Hall–Kier alpha value is -1.03. The molecule has 100 valence electrons. The maximum atomic E-state index is 6.12. The average Bonchev–Trinajstić information content (AvgIpc) is 2.88. The number of benzene rings is 1. The van der Waals surface area contributed by atoms with Gasteiger partial charge in [0.2, 0.25) is 0 Å². The van der Waals surface area contributed by atoms with Crippen LogP contribution < -0.4 is 5.32 Å². The molecule has 19 heavy (non-hydrogen) atoms. The number of nitrogens with zero attached hydrogens (tertiary/aromatic N) is 1. The minimum atomic E-state index is 0.793. The van der Waals surface area contributed by atoms with Crippen LogP contribution in [0.4, 0.5) is 5.69 Å². The summed E-state index contributed by atoms with van der Waals surface area (Å²) in [6.45, 7) is 4.24. The van der Waals surface area contributed by atoms with Gasteiger partial charge in [0.15, 0.2) is 0 Å². The van der Waals surface area contributed by atoms with Crippen molar-refractivity contribution in [2.24, 2.45) is 0 Å². The molecule has 2 aromatic rings. The number of hydrogen-bond acceptors (Lipinski definition) is 3. The molecule has 0 spiro atoms. The normalized spacial score (nSPS) is 15.2. The highest BCUT2D eigenvalue weighted by Gasteiger charge is 2.16. The monoisotopic (exact) mass is 292 g/mol. The summed E-state index contributed by atoms with van der Waals surface area (Å²) >= 11 is 8.01. The summed E-state index contributed by atoms with van der Waals surface area (Å²) in [4.78, 5) is 4.06. The molecule has 1 aliphatic heterocycles. The number of thiophene rings is 1. The molecule has 1 aromatic heterocycles. The van der Waals surface area contributed by atoms with Crippen LogP contribution in [0, 0.1) is 0 Å². The van der Waals surface area contributed by atoms with E-state index in [0.29, 0.717) is 0 Å². The zero-order valence-electron chi connectivity index (χ0n) is 10.7. The Labute approximate surface area is 123 Å². The SMILES string of the molecule is Clc1ccccc1NCCN1CCc2sccc2C1. The van der Waals surface area contributed by atoms with Gasteiger partial charge in [0, 0.05) is 31.1 Å². The average molecular weight is 293 g/mol. The van der Waals surface area contributed by atoms with E-state index in [2.05, 4.69) is 21.7 Å². The van der Waals surface area contributed by atoms with Gasteiger partial charge in [0.25, 0.3) is 0 Å². The molecule has 0 bridgehead atoms. The highest BCUT2D eigenvalue weighted by molar-refractivity contribution is 7.10. The van der Waals surface area contributed by atoms with Gasteiger partial charge in [0.05, 0.1) is 10.7 Å². The van der Waals surface area contributed by atoms with Gasteiger partial charge in [-0.3, -0.25) is 4.90 Å². The zero-order chi connectivity index (χ0) is 13.1. The Morgan fingerprint density at radius 3 is 3.05 bits per heavy atom. The lowest BCUT2D eigenvalue weighted by molar-refractivity contribution is 0.266. The molecular formula is C15H17ClN2S. The molecule has 2 heterocycles. The third kappa shape index (κ3) is 3.11. The van der Waals surface area contributed by atoms with Crippen molar-refractivity contribution in [3.05, 3.63) is 51.2 Å². The molecule has 0 aliphatic carbocycles. The lowest BCUT2D eigenvalue weighted by atomic mass is 10.1. The van der Waals surface area contributed by atoms with Crippen molar-refractivity contribution in [2.45, 2.75) is 13.0 Å². The third-order valence-corrected chi connectivity index (χ3v) is 4.86. The standard InChI is InChI=1S/C15H17ClN2S/c16-13-3-1-2-4-14(13)17-7-9-18-8-5-15-12(11-18)6-10-19-15/h1-4,6,10,17H,5,7-9,11H2. The van der Waals surface area contributed by atoms with Gasteiger partial charge in [-0.25, -0.2) is 0 Å². The number of rotatable bonds is 4. The Morgan fingerprint density at radius 1 is 1.26 bits per heavy atom. The van der Waals surface area contributed by atoms with E-state index in [9.17, 15) is 0 Å². The molecule has 0 saturated heterocycles. The van der Waals surface area contributed by atoms with Gasteiger partial charge < -0.3 is 5.32 Å². The first-order valence-electron chi connectivity index (χ1n) is 6.59. The second-order valence-corrected chi connectivity index (χ2v) is 6.21. The predicted molar refractivity (Wildman–Crippen MR) is 83.2 cm³/mol. The maximum absolute atomic E-state index is 6.12. The molecule has 3 rings (SSSR count). The van der Waals surface area contributed by atoms with Gasteiger partial charge in [0.1, 0.15) is 0 Å². The van der Waals surface area contributed by atoms with Crippen molar-refractivity contribution < 1.29 is 0 Å². The van der Waals surface area contributed by atoms with Gasteiger partial charge >= 0.3 is 0 Å². The number of para-hydroxylation sites is 1. The fourth-order valence-electron chi connectivity index (χ4n) is 2.45. The molecule has 1 aliphatic rings. The Balaban J connectivity index is 1.50. The minimum Gasteiger partial charge on any atom is -0.383 e. The van der Waals surface area contributed by atoms with Gasteiger partial charge in [-0.05, 0) is 35.6 Å². The summed E-state index contributed by atoms with van der Waals surface area (Å²) in [6.07, 6.45) is 1.19. The molecule has 0 unspecified atom stereocenters. The summed E-state index contributed by atoms with van der Waals surface area (Å²) in [5.41, 5.74) is 2.53. The molecule has 0 saturated carbocycles. The lowest BCUT2D eigenvalue weighted by Crippen LogP contribution is -2.33. The number of nitrogens with one attached hydrogen (secondary N) is 1. The van der Waals surface area contributed by atoms with E-state index in [1.807, 2.05) is 35.6 Å². The summed E-state index contributed by atoms with van der Waals surface area (Å²) in [7, 11) is 0. The van der Waals surface area contributed by atoms with Crippen LogP contribution >= 0.6 is 22.9 Å². The van der Waals surface area contributed by atoms with E-state index < -0.39 is 0 Å². The van der Waals surface area contributed by atoms with E-state index in [1.165, 1.54) is 12.0 Å². The van der Waals surface area contributed by atoms with Crippen molar-refractivity contribution in [2.75, 3.05) is 25.0 Å². The topological polar surface area (TPSA) is 15.3 Å². The van der Waals surface area contributed by atoms with Crippen molar-refractivity contribution in [1.29, 1.82) is 0 Å². The van der Waals surface area contributed by atoms with Crippen molar-refractivity contribution in [3.8, 4) is 0 Å². The number of hydrogen-bond donors (Lipinski definition) is 1. The Kier molecular flexibility index (Phi) is 4.06. The first-order valence-corrected chi connectivity index (χ1v) is 7.85. The van der Waals surface area contributed by atoms with Crippen LogP contribution in [0.5, 0.6) is 0 Å². The fraction of sp³-hybridized carbons (Fsp3) is 0.333. The van der Waals surface area contributed by atoms with Crippen molar-refractivity contribution in [1.82, 2.24) is 4.90 Å². The van der Waals surface area contributed by atoms with Gasteiger partial charge in [-0.15, -0.1) is 11.3 Å². The minimum absolute atomic E-state index is 0.793. The Morgan fingerprint density at radius 2 is 2.16 bits per heavy atom. The van der Waals surface area contributed by atoms with Crippen LogP contribution in [0.25, 0.3) is 0 Å². The van der Waals surface area contributed by atoms with E-state index in [-0.39, 0.29) is 0 Å². The van der Waals surface area contributed by atoms with Crippen molar-refractivity contribution >= 4 is 28.6 Å². The molecule has 0 radical (unpaired) electrons. The molecular weight excluding hydrogens is 276 g/mol. The van der Waals surface area contributed by atoms with E-state index in [0.717, 1.165) is 36.9 Å². The molecule has 0 atom stereocenters. The first-order chi connectivity index (χ1) is 9.33. The summed E-state index contributed by atoms with van der Waals surface area (Å²) in [5, 5.41) is 6.40. The fourth-order valence-corrected chi connectivity index (χ4v) is 3.54. The lowest BCUT2D eigenvalue weighted by Gasteiger charge is -2.27. The van der Waals surface area contributed by atoms with Crippen LogP contribution in [0.1, 0.15) is 10.4 Å². The predicted octanol–water partition coefficient (Wildman–Crippen LogP) is 3.87. The van der Waals surface area contributed by atoms with Crippen LogP contribution in [-0.2, 0) is 13.0 Å². The van der Waals surface area contributed by atoms with Crippen LogP contribution in [-0.4, -0.2) is 24.5 Å². The molecule has 1 aromatic carbocycles. The summed E-state index contributed by atoms with van der Waals surface area (Å²) in [5.74, 6) is 0. The second-order valence-electron chi connectivity index (χ2n) is 4.80. The van der Waals surface area contributed by atoms with Crippen molar-refractivity contribution in [3.63, 3.8) is 0 Å². The largest absolute Gasteiger partial charge is 0.383 e. The van der Waals surface area contributed by atoms with E-state index in [4.69, 9.17) is 11.6 Å². The quantitative estimate of drug-likeness (QED) is 0.920. The summed E-state index contributed by atoms with van der Waals surface area (Å²) < 4.78 is 0. The molecule has 1 N–H and O–H groups in total. The highest BCUT2D eigenvalue weighted by Crippen LogP contribution is 2.24. The highest BCUT2D eigenvalue weighted by atomic mass is 35.5. The first kappa shape index (κ1) is 13.0. The van der Waals surface area contributed by atoms with Crippen LogP contribution in [0.15, 0.2) is 35.7 Å². The van der Waals surface area contributed by atoms with E-state index >= 15 is 0 Å². The second kappa shape index (κ2) is 5.95. The van der Waals surface area contributed by atoms with E-state index in [1.54, 1.807) is 4.88 Å². The van der Waals surface area contributed by atoms with Crippen LogP contribution in [0.2, 0.25) is 5.02 Å². The maximum Gasteiger partial charge on any atom is 0.0637 e. The molecule has 4 heteroatoms. The number of fused-ring (bicyclic) bond motifs is 1. The van der Waals surface area contributed by atoms with Gasteiger partial charge in [-0.2, -0.15) is 0 Å². The smallest absolute Gasteiger partial charge is 0.0637 e. The van der Waals surface area contributed by atoms with Gasteiger partial charge in [-0.1, -0.05) is 23.7 Å². The Bertz CT molecular complexity index is 553. The number of anilines is 1. The zero-order valence-corrected chi connectivity index (χ0v) is 12.3. The third-order valence-electron chi connectivity index (χ3n) is 3.50. The molecule has 0 fully saturated rings. The number of halogens is 1. The molecule has 0 amide bonds. The molecule has 2 nitrogen and oxygen atoms in total.